The van der Waals surface area contributed by atoms with Crippen LogP contribution in [0.25, 0.3) is 0 Å². The van der Waals surface area contributed by atoms with Crippen LogP contribution in [0, 0.1) is 0 Å². The molecule has 2 aromatic carbocycles. The minimum Gasteiger partial charge on any atom is -0.493 e. The van der Waals surface area contributed by atoms with Crippen molar-refractivity contribution in [2.75, 3.05) is 21.2 Å². The first kappa shape index (κ1) is 26.7. The van der Waals surface area contributed by atoms with E-state index >= 15 is 0 Å². The Morgan fingerprint density at radius 3 is 2.29 bits per heavy atom. The summed E-state index contributed by atoms with van der Waals surface area (Å²) in [6.07, 6.45) is -8.85. The van der Waals surface area contributed by atoms with Gasteiger partial charge in [0, 0.05) is 19.7 Å². The van der Waals surface area contributed by atoms with Crippen molar-refractivity contribution < 1.29 is 40.6 Å². The maximum atomic E-state index is 13.4. The van der Waals surface area contributed by atoms with Crippen molar-refractivity contribution in [2.24, 2.45) is 4.99 Å². The van der Waals surface area contributed by atoms with Gasteiger partial charge in [0.05, 0.1) is 23.5 Å². The van der Waals surface area contributed by atoms with Gasteiger partial charge in [0.15, 0.2) is 16.7 Å². The molecule has 0 aromatic heterocycles. The molecule has 0 aliphatic carbocycles. The molecule has 0 spiro atoms. The number of carbonyl (C=O) groups is 1. The Balaban J connectivity index is 1.70. The van der Waals surface area contributed by atoms with E-state index in [1.165, 1.54) is 24.9 Å². The highest BCUT2D eigenvalue weighted by Crippen LogP contribution is 2.38. The molecule has 1 unspecified atom stereocenters. The number of hydrogen-bond acceptors (Lipinski definition) is 5. The zero-order chi connectivity index (χ0) is 26.0. The standard InChI is InChI=1S/C23H22F6N2O3S/c1-31(2)21-30-20(32)19(35-21)9-5-13-4-8-17(18(10-13)33-3)34-12-14-6-7-15(22(24,25)26)11-16(14)23(27,28)29/h4,6-8,10-11,19H,5,9,12H2,1-3H3. The third kappa shape index (κ3) is 6.62. The van der Waals surface area contributed by atoms with Crippen LogP contribution in [0.1, 0.15) is 28.7 Å². The quantitative estimate of drug-likeness (QED) is 0.432. The topological polar surface area (TPSA) is 51.1 Å². The first-order valence-corrected chi connectivity index (χ1v) is 11.2. The summed E-state index contributed by atoms with van der Waals surface area (Å²) in [7, 11) is 4.96. The predicted octanol–water partition coefficient (Wildman–Crippen LogP) is 5.80. The number of amidine groups is 1. The molecule has 2 aromatic rings. The third-order valence-corrected chi connectivity index (χ3v) is 6.55. The number of methoxy groups -OCH3 is 1. The van der Waals surface area contributed by atoms with Gasteiger partial charge in [-0.1, -0.05) is 23.9 Å². The number of alkyl halides is 6. The molecular weight excluding hydrogens is 498 g/mol. The molecule has 5 nitrogen and oxygen atoms in total. The van der Waals surface area contributed by atoms with Crippen LogP contribution in [-0.4, -0.2) is 42.4 Å². The van der Waals surface area contributed by atoms with E-state index in [2.05, 4.69) is 4.99 Å². The number of benzene rings is 2. The van der Waals surface area contributed by atoms with Crippen molar-refractivity contribution in [3.8, 4) is 11.5 Å². The van der Waals surface area contributed by atoms with Gasteiger partial charge in [0.1, 0.15) is 6.61 Å². The highest BCUT2D eigenvalue weighted by molar-refractivity contribution is 8.15. The number of aryl methyl sites for hydroxylation is 1. The van der Waals surface area contributed by atoms with E-state index in [1.54, 1.807) is 31.1 Å². The number of thioether (sulfide) groups is 1. The van der Waals surface area contributed by atoms with Gasteiger partial charge >= 0.3 is 12.4 Å². The minimum atomic E-state index is -4.99. The molecule has 1 aliphatic rings. The molecule has 0 radical (unpaired) electrons. The molecule has 1 aliphatic heterocycles. The van der Waals surface area contributed by atoms with Crippen molar-refractivity contribution in [2.45, 2.75) is 37.1 Å². The Hall–Kier alpha value is -2.89. The average Bonchev–Trinajstić information content (AvgIpc) is 3.16. The fourth-order valence-corrected chi connectivity index (χ4v) is 4.34. The van der Waals surface area contributed by atoms with E-state index in [9.17, 15) is 31.1 Å². The number of carbonyl (C=O) groups excluding carboxylic acids is 1. The van der Waals surface area contributed by atoms with Gasteiger partial charge in [-0.25, -0.2) is 0 Å². The number of aliphatic imine (C=N–C) groups is 1. The van der Waals surface area contributed by atoms with Crippen molar-refractivity contribution in [3.63, 3.8) is 0 Å². The second kappa shape index (κ2) is 10.4. The van der Waals surface area contributed by atoms with Crippen LogP contribution in [0.5, 0.6) is 11.5 Å². The molecule has 0 N–H and O–H groups in total. The summed E-state index contributed by atoms with van der Waals surface area (Å²) in [5.74, 6) is 0.176. The predicted molar refractivity (Wildman–Crippen MR) is 120 cm³/mol. The molecule has 1 atom stereocenters. The van der Waals surface area contributed by atoms with Crippen molar-refractivity contribution in [1.29, 1.82) is 0 Å². The molecule has 190 valence electrons. The first-order valence-electron chi connectivity index (χ1n) is 10.3. The molecule has 12 heteroatoms. The third-order valence-electron chi connectivity index (χ3n) is 5.16. The van der Waals surface area contributed by atoms with E-state index in [0.717, 1.165) is 11.6 Å². The lowest BCUT2D eigenvalue weighted by Crippen LogP contribution is -2.17. The fraction of sp³-hybridized carbons (Fsp3) is 0.391. The molecule has 0 bridgehead atoms. The molecule has 0 saturated carbocycles. The normalized spacial score (nSPS) is 16.3. The number of amides is 1. The molecule has 3 rings (SSSR count). The van der Waals surface area contributed by atoms with E-state index in [-0.39, 0.29) is 28.7 Å². The first-order chi connectivity index (χ1) is 16.3. The van der Waals surface area contributed by atoms with Gasteiger partial charge in [0.2, 0.25) is 0 Å². The van der Waals surface area contributed by atoms with E-state index < -0.39 is 35.6 Å². The molecular formula is C23H22F6N2O3S. The van der Waals surface area contributed by atoms with Crippen LogP contribution < -0.4 is 9.47 Å². The van der Waals surface area contributed by atoms with Crippen LogP contribution in [0.2, 0.25) is 0 Å². The molecule has 0 fully saturated rings. The van der Waals surface area contributed by atoms with E-state index in [4.69, 9.17) is 9.47 Å². The Bertz CT molecular complexity index is 1120. The number of halogens is 6. The maximum absolute atomic E-state index is 13.4. The molecule has 1 heterocycles. The van der Waals surface area contributed by atoms with Crippen molar-refractivity contribution >= 4 is 22.8 Å². The second-order valence-electron chi connectivity index (χ2n) is 7.91. The summed E-state index contributed by atoms with van der Waals surface area (Å²) < 4.78 is 89.5. The summed E-state index contributed by atoms with van der Waals surface area (Å²) in [4.78, 5) is 17.8. The van der Waals surface area contributed by atoms with Gasteiger partial charge in [-0.2, -0.15) is 31.3 Å². The zero-order valence-corrected chi connectivity index (χ0v) is 19.8. The van der Waals surface area contributed by atoms with Gasteiger partial charge in [-0.15, -0.1) is 0 Å². The van der Waals surface area contributed by atoms with Crippen molar-refractivity contribution in [3.05, 3.63) is 58.7 Å². The SMILES string of the molecule is COc1cc(CCC2SC(N(C)C)=NC2=O)ccc1OCc1ccc(C(F)(F)F)cc1C(F)(F)F. The highest BCUT2D eigenvalue weighted by Gasteiger charge is 2.38. The smallest absolute Gasteiger partial charge is 0.416 e. The van der Waals surface area contributed by atoms with Gasteiger partial charge in [0.25, 0.3) is 5.91 Å². The van der Waals surface area contributed by atoms with E-state index in [0.29, 0.717) is 24.1 Å². The van der Waals surface area contributed by atoms with Gasteiger partial charge in [-0.3, -0.25) is 4.79 Å². The summed E-state index contributed by atoms with van der Waals surface area (Å²) in [5.41, 5.74) is -2.44. The Kier molecular flexibility index (Phi) is 7.93. The van der Waals surface area contributed by atoms with E-state index in [1.807, 2.05) is 0 Å². The van der Waals surface area contributed by atoms with Gasteiger partial charge < -0.3 is 14.4 Å². The Morgan fingerprint density at radius 1 is 1.00 bits per heavy atom. The van der Waals surface area contributed by atoms with Crippen molar-refractivity contribution in [1.82, 2.24) is 4.90 Å². The number of hydrogen-bond donors (Lipinski definition) is 0. The number of ether oxygens (including phenoxy) is 2. The minimum absolute atomic E-state index is 0.0762. The fourth-order valence-electron chi connectivity index (χ4n) is 3.34. The largest absolute Gasteiger partial charge is 0.493 e. The van der Waals surface area contributed by atoms with Gasteiger partial charge in [-0.05, 0) is 42.7 Å². The van der Waals surface area contributed by atoms with Crippen LogP contribution in [0.3, 0.4) is 0 Å². The second-order valence-corrected chi connectivity index (χ2v) is 9.08. The summed E-state index contributed by atoms with van der Waals surface area (Å²) in [5, 5.41) is 0.331. The van der Waals surface area contributed by atoms with Crippen LogP contribution in [0.15, 0.2) is 41.4 Å². The summed E-state index contributed by atoms with van der Waals surface area (Å²) >= 11 is 1.38. The average molecular weight is 520 g/mol. The molecule has 1 amide bonds. The number of rotatable bonds is 7. The van der Waals surface area contributed by atoms with Crippen LogP contribution >= 0.6 is 11.8 Å². The molecule has 35 heavy (non-hydrogen) atoms. The highest BCUT2D eigenvalue weighted by atomic mass is 32.2. The number of nitrogens with zero attached hydrogens (tertiary/aromatic N) is 2. The Labute approximate surface area is 202 Å². The van der Waals surface area contributed by atoms with Crippen LogP contribution in [-0.2, 0) is 30.2 Å². The summed E-state index contributed by atoms with van der Waals surface area (Å²) in [6, 6.07) is 6.26. The molecule has 0 saturated heterocycles. The lowest BCUT2D eigenvalue weighted by Gasteiger charge is -2.17. The summed E-state index contributed by atoms with van der Waals surface area (Å²) in [6.45, 7) is -0.611. The Morgan fingerprint density at radius 2 is 1.71 bits per heavy atom. The monoisotopic (exact) mass is 520 g/mol. The lowest BCUT2D eigenvalue weighted by atomic mass is 10.0. The zero-order valence-electron chi connectivity index (χ0n) is 19.0. The maximum Gasteiger partial charge on any atom is 0.416 e. The lowest BCUT2D eigenvalue weighted by molar-refractivity contribution is -0.143. The van der Waals surface area contributed by atoms with Crippen LogP contribution in [0.4, 0.5) is 26.3 Å².